The molecule has 0 spiro atoms. The van der Waals surface area contributed by atoms with Gasteiger partial charge in [-0.25, -0.2) is 14.4 Å². The molecule has 0 saturated heterocycles. The van der Waals surface area contributed by atoms with Crippen molar-refractivity contribution < 1.29 is 38.2 Å². The fraction of sp³-hybridized carbons (Fsp3) is 0.805. The molecule has 0 aromatic heterocycles. The maximum absolute atomic E-state index is 13.0. The quantitative estimate of drug-likeness (QED) is 0.0138. The maximum atomic E-state index is 13.0. The number of esters is 4. The fourth-order valence-corrected chi connectivity index (χ4v) is 6.15. The molecule has 2 amide bonds. The number of nitrogens with two attached hydrogens (primary N) is 3. The third-order valence-electron chi connectivity index (χ3n) is 9.60. The second-order valence-corrected chi connectivity index (χ2v) is 15.0. The van der Waals surface area contributed by atoms with E-state index < -0.39 is 48.4 Å². The Morgan fingerprint density at radius 3 is 1.22 bits per heavy atom. The average Bonchev–Trinajstić information content (AvgIpc) is 3.17. The molecule has 0 aromatic carbocycles. The van der Waals surface area contributed by atoms with Gasteiger partial charge < -0.3 is 47.9 Å². The molecule has 0 rings (SSSR count). The maximum Gasteiger partial charge on any atom is 0.336 e. The van der Waals surface area contributed by atoms with E-state index in [2.05, 4.69) is 35.1 Å². The van der Waals surface area contributed by atoms with Crippen molar-refractivity contribution in [1.82, 2.24) is 21.3 Å². The van der Waals surface area contributed by atoms with Crippen LogP contribution in [0.15, 0.2) is 0 Å². The lowest BCUT2D eigenvalue weighted by atomic mass is 10.1. The van der Waals surface area contributed by atoms with Gasteiger partial charge in [0.25, 0.3) is 0 Å². The van der Waals surface area contributed by atoms with E-state index in [1.807, 2.05) is 0 Å². The summed E-state index contributed by atoms with van der Waals surface area (Å²) >= 11 is 0. The van der Waals surface area contributed by atoms with E-state index >= 15 is 0 Å². The van der Waals surface area contributed by atoms with E-state index in [4.69, 9.17) is 37.5 Å². The summed E-state index contributed by atoms with van der Waals surface area (Å²) in [7, 11) is 0. The predicted octanol–water partition coefficient (Wildman–Crippen LogP) is 4.57. The molecular formula is C41H77N9O8. The van der Waals surface area contributed by atoms with Crippen LogP contribution in [-0.4, -0.2) is 78.8 Å². The lowest BCUT2D eigenvalue weighted by Crippen LogP contribution is -2.45. The highest BCUT2D eigenvalue weighted by Crippen LogP contribution is 2.13. The zero-order valence-electron chi connectivity index (χ0n) is 35.5. The molecule has 0 bridgehead atoms. The van der Waals surface area contributed by atoms with Crippen molar-refractivity contribution in [2.24, 2.45) is 17.2 Å². The Morgan fingerprint density at radius 1 is 0.483 bits per heavy atom. The number of rotatable bonds is 36. The number of hydrogen-bond acceptors (Lipinski definition) is 11. The Morgan fingerprint density at radius 2 is 0.845 bits per heavy atom. The summed E-state index contributed by atoms with van der Waals surface area (Å²) in [5.74, 6) is -5.29. The molecule has 0 aliphatic carbocycles. The molecule has 0 aromatic rings. The lowest BCUT2D eigenvalue weighted by Gasteiger charge is -2.19. The predicted molar refractivity (Wildman–Crippen MR) is 225 cm³/mol. The molecule has 0 radical (unpaired) electrons. The van der Waals surface area contributed by atoms with Crippen LogP contribution in [0.25, 0.3) is 0 Å². The van der Waals surface area contributed by atoms with E-state index in [0.29, 0.717) is 25.7 Å². The molecule has 334 valence electrons. The fourth-order valence-electron chi connectivity index (χ4n) is 6.15. The van der Waals surface area contributed by atoms with Gasteiger partial charge in [-0.15, -0.1) is 0 Å². The second kappa shape index (κ2) is 35.8. The molecule has 0 fully saturated rings. The Labute approximate surface area is 346 Å². The molecule has 0 unspecified atom stereocenters. The number of unbranched alkanes of at least 4 members (excludes halogenated alkanes) is 16. The van der Waals surface area contributed by atoms with Gasteiger partial charge in [-0.05, 0) is 44.9 Å². The number of ether oxygens (including phenoxy) is 2. The highest BCUT2D eigenvalue weighted by atomic mass is 16.6. The summed E-state index contributed by atoms with van der Waals surface area (Å²) in [6.07, 6.45) is 20.0. The van der Waals surface area contributed by atoms with Crippen LogP contribution in [0.4, 0.5) is 0 Å². The summed E-state index contributed by atoms with van der Waals surface area (Å²) in [5.41, 5.74) is 16.6. The summed E-state index contributed by atoms with van der Waals surface area (Å²) in [4.78, 5) is 76.7. The summed E-state index contributed by atoms with van der Waals surface area (Å²) in [6.45, 7) is 4.87. The minimum atomic E-state index is -1.42. The average molecular weight is 824 g/mol. The van der Waals surface area contributed by atoms with Gasteiger partial charge in [-0.1, -0.05) is 117 Å². The van der Waals surface area contributed by atoms with Crippen LogP contribution >= 0.6 is 0 Å². The molecule has 17 nitrogen and oxygen atoms in total. The first-order chi connectivity index (χ1) is 27.8. The molecule has 12 N–H and O–H groups in total. The Kier molecular flexibility index (Phi) is 33.2. The van der Waals surface area contributed by atoms with E-state index in [1.54, 1.807) is 0 Å². The monoisotopic (exact) mass is 824 g/mol. The van der Waals surface area contributed by atoms with Gasteiger partial charge in [0.2, 0.25) is 11.8 Å². The Hall–Kier alpha value is -4.28. The van der Waals surface area contributed by atoms with E-state index in [1.165, 1.54) is 64.2 Å². The van der Waals surface area contributed by atoms with Crippen LogP contribution in [0.2, 0.25) is 0 Å². The molecule has 58 heavy (non-hydrogen) atoms. The van der Waals surface area contributed by atoms with E-state index in [9.17, 15) is 28.8 Å². The van der Waals surface area contributed by atoms with Gasteiger partial charge in [0.05, 0.1) is 0 Å². The van der Waals surface area contributed by atoms with Crippen LogP contribution in [0.3, 0.4) is 0 Å². The van der Waals surface area contributed by atoms with Crippen molar-refractivity contribution in [1.29, 1.82) is 10.8 Å². The van der Waals surface area contributed by atoms with Crippen molar-refractivity contribution in [3.8, 4) is 0 Å². The Balaban J connectivity index is 5.00. The van der Waals surface area contributed by atoms with Crippen molar-refractivity contribution >= 4 is 47.6 Å². The van der Waals surface area contributed by atoms with Crippen LogP contribution in [0.5, 0.6) is 0 Å². The summed E-state index contributed by atoms with van der Waals surface area (Å²) < 4.78 is 9.99. The molecule has 17 heteroatoms. The van der Waals surface area contributed by atoms with E-state index in [-0.39, 0.29) is 68.9 Å². The van der Waals surface area contributed by atoms with Crippen LogP contribution in [-0.2, 0) is 38.2 Å². The van der Waals surface area contributed by atoms with Gasteiger partial charge in [-0.3, -0.25) is 25.2 Å². The van der Waals surface area contributed by atoms with E-state index in [0.717, 1.165) is 38.5 Å². The van der Waals surface area contributed by atoms with Crippen molar-refractivity contribution in [2.45, 2.75) is 199 Å². The molecule has 3 atom stereocenters. The highest BCUT2D eigenvalue weighted by molar-refractivity contribution is 5.94. The van der Waals surface area contributed by atoms with Crippen molar-refractivity contribution in [3.63, 3.8) is 0 Å². The van der Waals surface area contributed by atoms with Gasteiger partial charge in [0, 0.05) is 32.4 Å². The largest absolute Gasteiger partial charge is 0.392 e. The highest BCUT2D eigenvalue weighted by Gasteiger charge is 2.29. The minimum absolute atomic E-state index is 0.0985. The zero-order chi connectivity index (χ0) is 43.4. The SMILES string of the molecule is CCCCCCCCCCCC(=O)N[C@@H](CCCNC(=N)N)C(=O)OC(=O)CC[C@H](N)C(=O)OC(=O)[C@H](CCCNC(=N)N)NC(=O)CCCCCCCCCCC. The van der Waals surface area contributed by atoms with Crippen LogP contribution < -0.4 is 38.5 Å². The number of carbonyl (C=O) groups is 6. The van der Waals surface area contributed by atoms with Gasteiger partial charge in [0.15, 0.2) is 11.9 Å². The number of guanidine groups is 2. The lowest BCUT2D eigenvalue weighted by molar-refractivity contribution is -0.163. The minimum Gasteiger partial charge on any atom is -0.392 e. The van der Waals surface area contributed by atoms with Gasteiger partial charge in [-0.2, -0.15) is 0 Å². The molecule has 0 aliphatic heterocycles. The van der Waals surface area contributed by atoms with Crippen LogP contribution in [0.1, 0.15) is 181 Å². The third kappa shape index (κ3) is 31.8. The first-order valence-electron chi connectivity index (χ1n) is 21.8. The smallest absolute Gasteiger partial charge is 0.336 e. The number of amides is 2. The molecular weight excluding hydrogens is 747 g/mol. The summed E-state index contributed by atoms with van der Waals surface area (Å²) in [6, 6.07) is -3.70. The standard InChI is InChI=1S/C41H77N9O8/c1-3-5-7-9-11-13-15-17-19-25-34(51)49-32(23-21-29-47-40(43)44)38(55)57-36(53)28-27-31(42)37(54)58-39(56)33(24-22-30-48-41(45)46)50-35(52)26-20-18-16-14-12-10-8-6-4-2/h31-33H,3-30,42H2,1-2H3,(H,49,51)(H,50,52)(H4,43,44,47)(H4,45,46,48)/t31-,32-,33-/m0/s1. The molecule has 0 saturated carbocycles. The zero-order valence-corrected chi connectivity index (χ0v) is 35.5. The number of carbonyl (C=O) groups excluding carboxylic acids is 6. The normalized spacial score (nSPS) is 12.4. The summed E-state index contributed by atoms with van der Waals surface area (Å²) in [5, 5.41) is 25.1. The third-order valence-corrected chi connectivity index (χ3v) is 9.60. The second-order valence-electron chi connectivity index (χ2n) is 15.0. The topological polar surface area (TPSA) is 295 Å². The number of hydrogen-bond donors (Lipinski definition) is 9. The van der Waals surface area contributed by atoms with Crippen molar-refractivity contribution in [3.05, 3.63) is 0 Å². The van der Waals surface area contributed by atoms with Crippen LogP contribution in [0, 0.1) is 10.8 Å². The number of nitrogens with one attached hydrogen (secondary N) is 6. The first kappa shape index (κ1) is 53.7. The Bertz CT molecular complexity index is 1220. The molecule has 0 aliphatic rings. The van der Waals surface area contributed by atoms with Crippen molar-refractivity contribution in [2.75, 3.05) is 13.1 Å². The van der Waals surface area contributed by atoms with Gasteiger partial charge in [0.1, 0.15) is 18.1 Å². The van der Waals surface area contributed by atoms with Gasteiger partial charge >= 0.3 is 23.9 Å². The first-order valence-corrected chi connectivity index (χ1v) is 21.8. The molecule has 0 heterocycles.